The predicted octanol–water partition coefficient (Wildman–Crippen LogP) is 6.05. The highest BCUT2D eigenvalue weighted by atomic mass is 79.9. The third-order valence-corrected chi connectivity index (χ3v) is 4.59. The SMILES string of the molecule is CC(C)c1ccc(COc2ccc(Br)c(CBr)c2)cc1. The highest BCUT2D eigenvalue weighted by Gasteiger charge is 2.03. The van der Waals surface area contributed by atoms with Crippen LogP contribution in [0, 0.1) is 0 Å². The Morgan fingerprint density at radius 3 is 2.35 bits per heavy atom. The van der Waals surface area contributed by atoms with Crippen molar-refractivity contribution in [1.82, 2.24) is 0 Å². The summed E-state index contributed by atoms with van der Waals surface area (Å²) in [5.41, 5.74) is 3.74. The number of halogens is 2. The van der Waals surface area contributed by atoms with Crippen LogP contribution in [0.3, 0.4) is 0 Å². The lowest BCUT2D eigenvalue weighted by molar-refractivity contribution is 0.306. The molecule has 3 heteroatoms. The molecule has 0 aliphatic carbocycles. The van der Waals surface area contributed by atoms with Crippen LogP contribution >= 0.6 is 31.9 Å². The molecule has 2 aromatic rings. The van der Waals surface area contributed by atoms with Crippen LogP contribution in [0.2, 0.25) is 0 Å². The van der Waals surface area contributed by atoms with Crippen molar-refractivity contribution < 1.29 is 4.74 Å². The Balaban J connectivity index is 2.01. The fourth-order valence-corrected chi connectivity index (χ4v) is 3.14. The van der Waals surface area contributed by atoms with Crippen LogP contribution < -0.4 is 4.74 Å². The van der Waals surface area contributed by atoms with E-state index in [4.69, 9.17) is 4.74 Å². The van der Waals surface area contributed by atoms with Crippen molar-refractivity contribution in [2.45, 2.75) is 31.7 Å². The van der Waals surface area contributed by atoms with Crippen LogP contribution in [0.25, 0.3) is 0 Å². The van der Waals surface area contributed by atoms with Crippen molar-refractivity contribution in [3.63, 3.8) is 0 Å². The van der Waals surface area contributed by atoms with Gasteiger partial charge < -0.3 is 4.74 Å². The second kappa shape index (κ2) is 7.28. The molecular weight excluding hydrogens is 380 g/mol. The largest absolute Gasteiger partial charge is 0.489 e. The molecule has 0 saturated heterocycles. The lowest BCUT2D eigenvalue weighted by Crippen LogP contribution is -1.97. The van der Waals surface area contributed by atoms with Gasteiger partial charge in [-0.1, -0.05) is 70.0 Å². The van der Waals surface area contributed by atoms with Crippen molar-refractivity contribution in [3.8, 4) is 5.75 Å². The molecule has 2 aromatic carbocycles. The molecule has 0 atom stereocenters. The maximum Gasteiger partial charge on any atom is 0.120 e. The summed E-state index contributed by atoms with van der Waals surface area (Å²) in [6.07, 6.45) is 0. The van der Waals surface area contributed by atoms with E-state index in [2.05, 4.69) is 76.0 Å². The molecule has 0 amide bonds. The van der Waals surface area contributed by atoms with Crippen LogP contribution in [0.1, 0.15) is 36.5 Å². The zero-order valence-electron chi connectivity index (χ0n) is 11.7. The summed E-state index contributed by atoms with van der Waals surface area (Å²) in [5, 5.41) is 0.813. The second-order valence-electron chi connectivity index (χ2n) is 5.07. The standard InChI is InChI=1S/C17H18Br2O/c1-12(2)14-5-3-13(4-6-14)11-20-16-7-8-17(19)15(9-16)10-18/h3-9,12H,10-11H2,1-2H3. The van der Waals surface area contributed by atoms with E-state index in [0.717, 1.165) is 15.6 Å². The van der Waals surface area contributed by atoms with Crippen molar-refractivity contribution >= 4 is 31.9 Å². The summed E-state index contributed by atoms with van der Waals surface area (Å²) in [4.78, 5) is 0. The Bertz CT molecular complexity index is 562. The minimum Gasteiger partial charge on any atom is -0.489 e. The first-order chi connectivity index (χ1) is 9.60. The normalized spacial score (nSPS) is 10.8. The van der Waals surface area contributed by atoms with Gasteiger partial charge >= 0.3 is 0 Å². The zero-order chi connectivity index (χ0) is 14.5. The van der Waals surface area contributed by atoms with E-state index in [-0.39, 0.29) is 0 Å². The van der Waals surface area contributed by atoms with Gasteiger partial charge in [0, 0.05) is 9.80 Å². The van der Waals surface area contributed by atoms with Crippen molar-refractivity contribution in [2.24, 2.45) is 0 Å². The number of ether oxygens (including phenoxy) is 1. The van der Waals surface area contributed by atoms with Gasteiger partial charge in [0.05, 0.1) is 0 Å². The first-order valence-corrected chi connectivity index (χ1v) is 8.57. The van der Waals surface area contributed by atoms with Gasteiger partial charge in [0.1, 0.15) is 12.4 Å². The Hall–Kier alpha value is -0.800. The maximum absolute atomic E-state index is 5.85. The fraction of sp³-hybridized carbons (Fsp3) is 0.294. The molecular formula is C17H18Br2O. The molecule has 0 bridgehead atoms. The van der Waals surface area contributed by atoms with Crippen LogP contribution in [-0.2, 0) is 11.9 Å². The minimum atomic E-state index is 0.568. The Kier molecular flexibility index (Phi) is 5.67. The molecule has 0 N–H and O–H groups in total. The topological polar surface area (TPSA) is 9.23 Å². The van der Waals surface area contributed by atoms with Gasteiger partial charge in [-0.25, -0.2) is 0 Å². The average Bonchev–Trinajstić information content (AvgIpc) is 2.46. The van der Waals surface area contributed by atoms with Crippen molar-refractivity contribution in [1.29, 1.82) is 0 Å². The molecule has 0 saturated carbocycles. The Labute approximate surface area is 137 Å². The molecule has 0 spiro atoms. The summed E-state index contributed by atoms with van der Waals surface area (Å²) < 4.78 is 6.95. The lowest BCUT2D eigenvalue weighted by Gasteiger charge is -2.10. The molecule has 0 fully saturated rings. The van der Waals surface area contributed by atoms with Crippen LogP contribution in [0.4, 0.5) is 0 Å². The summed E-state index contributed by atoms with van der Waals surface area (Å²) in [7, 11) is 0. The number of hydrogen-bond donors (Lipinski definition) is 0. The molecule has 20 heavy (non-hydrogen) atoms. The van der Waals surface area contributed by atoms with Crippen LogP contribution in [0.15, 0.2) is 46.9 Å². The van der Waals surface area contributed by atoms with E-state index in [1.807, 2.05) is 12.1 Å². The molecule has 0 heterocycles. The Morgan fingerprint density at radius 2 is 1.75 bits per heavy atom. The average molecular weight is 398 g/mol. The van der Waals surface area contributed by atoms with Gasteiger partial charge in [-0.2, -0.15) is 0 Å². The number of alkyl halides is 1. The van der Waals surface area contributed by atoms with Gasteiger partial charge in [-0.3, -0.25) is 0 Å². The third-order valence-electron chi connectivity index (χ3n) is 3.21. The molecule has 1 nitrogen and oxygen atoms in total. The lowest BCUT2D eigenvalue weighted by atomic mass is 10.0. The number of rotatable bonds is 5. The van der Waals surface area contributed by atoms with E-state index in [0.29, 0.717) is 12.5 Å². The molecule has 2 rings (SSSR count). The monoisotopic (exact) mass is 396 g/mol. The van der Waals surface area contributed by atoms with Crippen LogP contribution in [-0.4, -0.2) is 0 Å². The number of benzene rings is 2. The summed E-state index contributed by atoms with van der Waals surface area (Å²) in [5.74, 6) is 1.47. The third kappa shape index (κ3) is 4.10. The summed E-state index contributed by atoms with van der Waals surface area (Å²) in [6.45, 7) is 5.01. The molecule has 0 radical (unpaired) electrons. The smallest absolute Gasteiger partial charge is 0.120 e. The maximum atomic E-state index is 5.85. The van der Waals surface area contributed by atoms with Gasteiger partial charge in [-0.05, 0) is 40.8 Å². The minimum absolute atomic E-state index is 0.568. The highest BCUT2D eigenvalue weighted by Crippen LogP contribution is 2.25. The summed E-state index contributed by atoms with van der Waals surface area (Å²) >= 11 is 7.00. The summed E-state index contributed by atoms with van der Waals surface area (Å²) in [6, 6.07) is 14.7. The fourth-order valence-electron chi connectivity index (χ4n) is 1.91. The zero-order valence-corrected chi connectivity index (χ0v) is 14.9. The Morgan fingerprint density at radius 1 is 1.05 bits per heavy atom. The van der Waals surface area contributed by atoms with Crippen molar-refractivity contribution in [3.05, 3.63) is 63.6 Å². The van der Waals surface area contributed by atoms with E-state index in [9.17, 15) is 0 Å². The quantitative estimate of drug-likeness (QED) is 0.558. The van der Waals surface area contributed by atoms with E-state index in [1.54, 1.807) is 0 Å². The molecule has 0 aromatic heterocycles. The van der Waals surface area contributed by atoms with Gasteiger partial charge in [0.15, 0.2) is 0 Å². The molecule has 0 unspecified atom stereocenters. The van der Waals surface area contributed by atoms with E-state index in [1.165, 1.54) is 16.7 Å². The van der Waals surface area contributed by atoms with E-state index < -0.39 is 0 Å². The first kappa shape index (κ1) is 15.6. The van der Waals surface area contributed by atoms with E-state index >= 15 is 0 Å². The molecule has 106 valence electrons. The van der Waals surface area contributed by atoms with Crippen molar-refractivity contribution in [2.75, 3.05) is 0 Å². The molecule has 0 aliphatic rings. The number of hydrogen-bond acceptors (Lipinski definition) is 1. The molecule has 0 aliphatic heterocycles. The van der Waals surface area contributed by atoms with Gasteiger partial charge in [0.25, 0.3) is 0 Å². The van der Waals surface area contributed by atoms with Crippen LogP contribution in [0.5, 0.6) is 5.75 Å². The first-order valence-electron chi connectivity index (χ1n) is 6.66. The predicted molar refractivity (Wildman–Crippen MR) is 91.6 cm³/mol. The van der Waals surface area contributed by atoms with Gasteiger partial charge in [-0.15, -0.1) is 0 Å². The van der Waals surface area contributed by atoms with Gasteiger partial charge in [0.2, 0.25) is 0 Å². The highest BCUT2D eigenvalue weighted by molar-refractivity contribution is 9.10. The second-order valence-corrected chi connectivity index (χ2v) is 6.49.